The molecule has 0 aliphatic carbocycles. The topological polar surface area (TPSA) is 330 Å². The van der Waals surface area contributed by atoms with Crippen molar-refractivity contribution >= 4 is 55.1 Å². The van der Waals surface area contributed by atoms with Crippen molar-refractivity contribution in [2.24, 2.45) is 20.0 Å². The van der Waals surface area contributed by atoms with Crippen molar-refractivity contribution in [2.75, 3.05) is 52.9 Å². The number of aliphatic hydroxyl groups excluding tert-OH is 2. The average molecular weight is 963 g/mol. The number of H-pyrrole nitrogens is 4. The summed E-state index contributed by atoms with van der Waals surface area (Å²) in [4.78, 5) is 36.2. The SMILES string of the molecule is O=S(=O)([O-])c1cc(N=c2[nH]c(OCCOCCO)nc(=Nc3ccccc3)[nH]2)ccc1/C=C/c1ccc(N=c2[nH]c(OCCOCCO)nc(=Nc3ccccc3)[nH]2)cc1S(=O)(=O)[O-].[Na+].[Na+]. The predicted molar refractivity (Wildman–Crippen MR) is 224 cm³/mol. The normalized spacial score (nSPS) is 12.8. The Hall–Kier alpha value is -4.90. The second-order valence-corrected chi connectivity index (χ2v) is 15.5. The zero-order valence-corrected chi connectivity index (χ0v) is 41.2. The van der Waals surface area contributed by atoms with E-state index in [0.29, 0.717) is 11.4 Å². The van der Waals surface area contributed by atoms with Crippen LogP contribution in [-0.2, 0) is 29.7 Å². The molecule has 2 heterocycles. The Morgan fingerprint density at radius 1 is 0.515 bits per heavy atom. The third-order valence-electron chi connectivity index (χ3n) is 8.17. The number of hydrogen-bond acceptors (Lipinski definition) is 18. The number of ether oxygens (including phenoxy) is 4. The molecule has 0 atom stereocenters. The van der Waals surface area contributed by atoms with Crippen LogP contribution < -0.4 is 91.1 Å². The van der Waals surface area contributed by atoms with Gasteiger partial charge in [-0.2, -0.15) is 9.97 Å². The van der Waals surface area contributed by atoms with E-state index in [4.69, 9.17) is 29.2 Å². The van der Waals surface area contributed by atoms with Gasteiger partial charge in [-0.1, -0.05) is 60.7 Å². The van der Waals surface area contributed by atoms with E-state index in [2.05, 4.69) is 49.9 Å². The second kappa shape index (κ2) is 26.4. The molecule has 22 nitrogen and oxygen atoms in total. The summed E-state index contributed by atoms with van der Waals surface area (Å²) in [6, 6.07) is 24.9. The number of nitrogens with one attached hydrogen (secondary N) is 4. The maximum atomic E-state index is 12.6. The summed E-state index contributed by atoms with van der Waals surface area (Å²) in [5, 5.41) is 17.9. The van der Waals surface area contributed by atoms with Gasteiger partial charge in [-0.25, -0.2) is 36.8 Å². The van der Waals surface area contributed by atoms with Crippen molar-refractivity contribution in [2.45, 2.75) is 9.79 Å². The first-order valence-corrected chi connectivity index (χ1v) is 21.9. The van der Waals surface area contributed by atoms with Crippen LogP contribution in [0, 0.1) is 0 Å². The fourth-order valence-electron chi connectivity index (χ4n) is 5.44. The van der Waals surface area contributed by atoms with E-state index in [1.165, 1.54) is 24.3 Å². The number of aliphatic hydroxyl groups is 2. The first-order chi connectivity index (χ1) is 30.9. The van der Waals surface area contributed by atoms with Gasteiger partial charge in [0.2, 0.25) is 22.5 Å². The van der Waals surface area contributed by atoms with Gasteiger partial charge in [0.1, 0.15) is 33.5 Å². The molecule has 0 saturated heterocycles. The number of rotatable bonds is 20. The summed E-state index contributed by atoms with van der Waals surface area (Å²) in [5.41, 5.74) is 0.914. The zero-order valence-electron chi connectivity index (χ0n) is 35.5. The number of hydrogen-bond donors (Lipinski definition) is 6. The van der Waals surface area contributed by atoms with Crippen molar-refractivity contribution in [3.63, 3.8) is 0 Å². The molecule has 6 N–H and O–H groups in total. The van der Waals surface area contributed by atoms with Gasteiger partial charge in [0.05, 0.1) is 72.2 Å². The van der Waals surface area contributed by atoms with Crippen LogP contribution in [0.2, 0.25) is 0 Å². The molecule has 0 spiro atoms. The van der Waals surface area contributed by atoms with Gasteiger partial charge in [0.25, 0.3) is 12.0 Å². The van der Waals surface area contributed by atoms with E-state index < -0.39 is 30.0 Å². The standard InChI is InChI=1S/C40H42N10O12S2.2Na/c51-17-19-59-21-23-61-39-47-35(41-29-7-3-1-4-8-29)45-37(49-39)43-31-15-13-27(33(25-31)63(53,54)55)11-12-28-14-16-32(26-34(28)64(56,57)58)44-38-46-36(42-30-9-5-2-6-10-30)48-40(50-38)62-24-22-60-20-18-52;;/h1-16,25-26,51-52H,17-24H2,(H,53,54,55)(H,56,57,58)(H2,41,43,45,47,49)(H2,42,44,46,48,50);;/q;2*+1/p-2/b12-11+;;. The van der Waals surface area contributed by atoms with E-state index in [0.717, 1.165) is 24.3 Å². The van der Waals surface area contributed by atoms with Gasteiger partial charge in [0, 0.05) is 0 Å². The zero-order chi connectivity index (χ0) is 45.4. The van der Waals surface area contributed by atoms with Crippen molar-refractivity contribution in [3.05, 3.63) is 131 Å². The summed E-state index contributed by atoms with van der Waals surface area (Å²) in [7, 11) is -10.3. The molecule has 6 aromatic rings. The van der Waals surface area contributed by atoms with Gasteiger partial charge < -0.3 is 38.3 Å². The molecule has 0 aliphatic heterocycles. The maximum absolute atomic E-state index is 12.6. The average Bonchev–Trinajstić information content (AvgIpc) is 3.26. The maximum Gasteiger partial charge on any atom is 1.00 e. The molecule has 0 fully saturated rings. The monoisotopic (exact) mass is 962 g/mol. The number of para-hydroxylation sites is 2. The molecular formula is C40H40N10Na2O12S2. The van der Waals surface area contributed by atoms with Crippen molar-refractivity contribution < 1.29 is 114 Å². The van der Waals surface area contributed by atoms with Crippen molar-refractivity contribution in [1.29, 1.82) is 0 Å². The molecule has 6 rings (SSSR count). The Kier molecular flexibility index (Phi) is 21.5. The Bertz CT molecular complexity index is 2870. The van der Waals surface area contributed by atoms with Crippen LogP contribution in [0.1, 0.15) is 11.1 Å². The van der Waals surface area contributed by atoms with Crippen molar-refractivity contribution in [1.82, 2.24) is 29.9 Å². The number of nitrogens with zero attached hydrogens (tertiary/aromatic N) is 6. The van der Waals surface area contributed by atoms with Crippen molar-refractivity contribution in [3.8, 4) is 12.0 Å². The first kappa shape index (κ1) is 53.7. The predicted octanol–water partition coefficient (Wildman–Crippen LogP) is -4.52. The molecule has 0 amide bonds. The van der Waals surface area contributed by atoms with Crippen LogP contribution in [-0.4, -0.2) is 119 Å². The third-order valence-corrected chi connectivity index (χ3v) is 9.95. The van der Waals surface area contributed by atoms with Crippen LogP contribution >= 0.6 is 0 Å². The van der Waals surface area contributed by atoms with Crippen LogP contribution in [0.5, 0.6) is 12.0 Å². The molecule has 0 radical (unpaired) electrons. The fourth-order valence-corrected chi connectivity index (χ4v) is 6.82. The summed E-state index contributed by atoms with van der Waals surface area (Å²) in [6.07, 6.45) is 2.33. The molecule has 66 heavy (non-hydrogen) atoms. The minimum atomic E-state index is -5.16. The minimum Gasteiger partial charge on any atom is -0.744 e. The number of aromatic amines is 4. The number of aromatic nitrogens is 6. The summed E-state index contributed by atoms with van der Waals surface area (Å²) >= 11 is 0. The van der Waals surface area contributed by atoms with Crippen LogP contribution in [0.15, 0.2) is 127 Å². The molecule has 336 valence electrons. The third kappa shape index (κ3) is 17.1. The molecule has 0 bridgehead atoms. The second-order valence-electron chi connectivity index (χ2n) is 12.9. The Morgan fingerprint density at radius 3 is 1.27 bits per heavy atom. The van der Waals surface area contributed by atoms with E-state index in [1.54, 1.807) is 48.5 Å². The van der Waals surface area contributed by atoms with Crippen LogP contribution in [0.25, 0.3) is 12.2 Å². The quantitative estimate of drug-likeness (QED) is 0.0182. The molecule has 0 aliphatic rings. The Labute approximate surface area is 421 Å². The molecule has 0 saturated carbocycles. The molecule has 2 aromatic heterocycles. The molecule has 0 unspecified atom stereocenters. The fraction of sp³-hybridized carbons (Fsp3) is 0.200. The van der Waals surface area contributed by atoms with E-state index in [9.17, 15) is 25.9 Å². The van der Waals surface area contributed by atoms with Gasteiger partial charge in [-0.15, -0.1) is 0 Å². The summed E-state index contributed by atoms with van der Waals surface area (Å²) in [6.45, 7) is 0.230. The van der Waals surface area contributed by atoms with Gasteiger partial charge in [-0.05, 0) is 59.7 Å². The summed E-state index contributed by atoms with van der Waals surface area (Å²) < 4.78 is 97.0. The minimum absolute atomic E-state index is 0. The van der Waals surface area contributed by atoms with Gasteiger partial charge >= 0.3 is 59.1 Å². The van der Waals surface area contributed by atoms with E-state index in [1.807, 2.05) is 12.1 Å². The molecule has 26 heteroatoms. The molecular weight excluding hydrogens is 923 g/mol. The molecule has 4 aromatic carbocycles. The van der Waals surface area contributed by atoms with E-state index in [-0.39, 0.29) is 169 Å². The smallest absolute Gasteiger partial charge is 0.744 e. The Balaban J connectivity index is 0.00000476. The Morgan fingerprint density at radius 2 is 0.909 bits per heavy atom. The van der Waals surface area contributed by atoms with Gasteiger partial charge in [0.15, 0.2) is 0 Å². The van der Waals surface area contributed by atoms with Crippen LogP contribution in [0.3, 0.4) is 0 Å². The van der Waals surface area contributed by atoms with Gasteiger partial charge in [-0.3, -0.25) is 19.9 Å². The largest absolute Gasteiger partial charge is 1.00 e. The van der Waals surface area contributed by atoms with Crippen LogP contribution in [0.4, 0.5) is 22.7 Å². The number of benzene rings is 4. The first-order valence-electron chi connectivity index (χ1n) is 19.1. The summed E-state index contributed by atoms with van der Waals surface area (Å²) in [5.74, 6) is 0. The van der Waals surface area contributed by atoms with E-state index >= 15 is 0 Å².